The normalized spacial score (nSPS) is 11.8. The monoisotopic (exact) mass is 507 g/mol. The summed E-state index contributed by atoms with van der Waals surface area (Å²) in [6.45, 7) is -0.357. The van der Waals surface area contributed by atoms with Crippen molar-refractivity contribution in [3.63, 3.8) is 0 Å². The number of nitrogens with zero attached hydrogens (tertiary/aromatic N) is 2. The molecule has 0 aliphatic heterocycles. The van der Waals surface area contributed by atoms with Gasteiger partial charge in [-0.05, 0) is 29.8 Å². The van der Waals surface area contributed by atoms with Gasteiger partial charge in [-0.15, -0.1) is 0 Å². The molecule has 3 aromatic rings. The Bertz CT molecular complexity index is 1340. The van der Waals surface area contributed by atoms with Crippen molar-refractivity contribution in [2.75, 3.05) is 20.2 Å². The summed E-state index contributed by atoms with van der Waals surface area (Å²) in [6, 6.07) is 21.5. The van der Waals surface area contributed by atoms with E-state index in [0.29, 0.717) is 5.56 Å². The number of nitro benzene ring substituents is 1. The van der Waals surface area contributed by atoms with Gasteiger partial charge >= 0.3 is 0 Å². The SMILES string of the molecule is CNC(=O)[C@H](COCc1ccccc1)N(CC#Cc1ccccc1)S(=O)(=O)c1ccc([N+](=O)[O-])cc1. The third-order valence-electron chi connectivity index (χ3n) is 5.18. The largest absolute Gasteiger partial charge is 0.375 e. The molecule has 186 valence electrons. The molecule has 9 nitrogen and oxygen atoms in total. The van der Waals surface area contributed by atoms with Gasteiger partial charge in [-0.25, -0.2) is 8.42 Å². The molecule has 0 radical (unpaired) electrons. The van der Waals surface area contributed by atoms with E-state index in [1.807, 2.05) is 36.4 Å². The lowest BCUT2D eigenvalue weighted by atomic mass is 10.2. The fourth-order valence-corrected chi connectivity index (χ4v) is 4.77. The predicted molar refractivity (Wildman–Crippen MR) is 134 cm³/mol. The molecule has 36 heavy (non-hydrogen) atoms. The van der Waals surface area contributed by atoms with Crippen molar-refractivity contribution in [3.8, 4) is 11.8 Å². The molecule has 0 spiro atoms. The summed E-state index contributed by atoms with van der Waals surface area (Å²) < 4.78 is 33.9. The van der Waals surface area contributed by atoms with Gasteiger partial charge in [0.25, 0.3) is 5.69 Å². The van der Waals surface area contributed by atoms with Crippen LogP contribution in [0.1, 0.15) is 11.1 Å². The lowest BCUT2D eigenvalue weighted by molar-refractivity contribution is -0.384. The number of hydrogen-bond donors (Lipinski definition) is 1. The summed E-state index contributed by atoms with van der Waals surface area (Å²) in [6.07, 6.45) is 0. The van der Waals surface area contributed by atoms with Crippen LogP contribution in [0.15, 0.2) is 89.8 Å². The smallest absolute Gasteiger partial charge is 0.269 e. The second-order valence-corrected chi connectivity index (χ2v) is 9.49. The molecule has 0 aromatic heterocycles. The zero-order valence-corrected chi connectivity index (χ0v) is 20.4. The van der Waals surface area contributed by atoms with Crippen LogP contribution in [0.25, 0.3) is 0 Å². The van der Waals surface area contributed by atoms with Gasteiger partial charge in [0.1, 0.15) is 6.04 Å². The van der Waals surface area contributed by atoms with Crippen molar-refractivity contribution in [1.29, 1.82) is 0 Å². The van der Waals surface area contributed by atoms with Crippen molar-refractivity contribution in [2.24, 2.45) is 0 Å². The molecule has 10 heteroatoms. The Morgan fingerprint density at radius 1 is 1.03 bits per heavy atom. The number of nitrogens with one attached hydrogen (secondary N) is 1. The van der Waals surface area contributed by atoms with Crippen molar-refractivity contribution >= 4 is 21.6 Å². The van der Waals surface area contributed by atoms with Crippen LogP contribution in [0.3, 0.4) is 0 Å². The van der Waals surface area contributed by atoms with E-state index < -0.39 is 26.9 Å². The molecule has 1 amide bonds. The van der Waals surface area contributed by atoms with E-state index >= 15 is 0 Å². The molecule has 3 aromatic carbocycles. The van der Waals surface area contributed by atoms with Gasteiger partial charge in [-0.3, -0.25) is 14.9 Å². The third kappa shape index (κ3) is 6.99. The molecular weight excluding hydrogens is 482 g/mol. The second kappa shape index (κ2) is 12.6. The van der Waals surface area contributed by atoms with E-state index in [2.05, 4.69) is 17.2 Å². The van der Waals surface area contributed by atoms with Crippen LogP contribution in [0.4, 0.5) is 5.69 Å². The maximum absolute atomic E-state index is 13.6. The third-order valence-corrected chi connectivity index (χ3v) is 7.05. The van der Waals surface area contributed by atoms with Gasteiger partial charge in [0.2, 0.25) is 15.9 Å². The summed E-state index contributed by atoms with van der Waals surface area (Å²) in [7, 11) is -2.88. The number of sulfonamides is 1. The number of hydrogen-bond acceptors (Lipinski definition) is 6. The molecule has 3 rings (SSSR count). The average Bonchev–Trinajstić information content (AvgIpc) is 2.90. The topological polar surface area (TPSA) is 119 Å². The molecule has 0 aliphatic carbocycles. The standard InChI is InChI=1S/C26H25N3O6S/c1-27-26(30)25(20-35-19-22-11-6-3-7-12-22)28(18-8-13-21-9-4-2-5-10-21)36(33,34)24-16-14-23(15-17-24)29(31)32/h2-7,9-12,14-17,25H,18-20H2,1H3,(H,27,30)/t25-/m0/s1. The van der Waals surface area contributed by atoms with E-state index in [1.54, 1.807) is 24.3 Å². The number of benzene rings is 3. The van der Waals surface area contributed by atoms with E-state index in [4.69, 9.17) is 4.74 Å². The van der Waals surface area contributed by atoms with E-state index in [9.17, 15) is 23.3 Å². The van der Waals surface area contributed by atoms with Crippen LogP contribution in [0, 0.1) is 22.0 Å². The van der Waals surface area contributed by atoms with E-state index in [1.165, 1.54) is 7.05 Å². The first-order chi connectivity index (χ1) is 17.3. The minimum atomic E-state index is -4.28. The maximum atomic E-state index is 13.6. The Morgan fingerprint density at radius 3 is 2.22 bits per heavy atom. The van der Waals surface area contributed by atoms with Crippen molar-refractivity contribution in [2.45, 2.75) is 17.5 Å². The molecule has 0 unspecified atom stereocenters. The predicted octanol–water partition coefficient (Wildman–Crippen LogP) is 2.97. The highest BCUT2D eigenvalue weighted by molar-refractivity contribution is 7.89. The minimum absolute atomic E-state index is 0.176. The van der Waals surface area contributed by atoms with Gasteiger partial charge in [0.15, 0.2) is 0 Å². The first kappa shape index (κ1) is 26.6. The number of non-ortho nitro benzene ring substituents is 1. The number of carbonyl (C=O) groups excluding carboxylic acids is 1. The maximum Gasteiger partial charge on any atom is 0.269 e. The van der Waals surface area contributed by atoms with Crippen LogP contribution in [-0.2, 0) is 26.2 Å². The highest BCUT2D eigenvalue weighted by Crippen LogP contribution is 2.22. The molecule has 0 fully saturated rings. The lowest BCUT2D eigenvalue weighted by Gasteiger charge is -2.28. The second-order valence-electron chi connectivity index (χ2n) is 7.60. The van der Waals surface area contributed by atoms with Crippen LogP contribution in [0.2, 0.25) is 0 Å². The van der Waals surface area contributed by atoms with Crippen LogP contribution in [-0.4, -0.2) is 49.8 Å². The van der Waals surface area contributed by atoms with Gasteiger partial charge in [-0.1, -0.05) is 60.4 Å². The van der Waals surface area contributed by atoms with Crippen molar-refractivity contribution < 1.29 is 22.9 Å². The molecule has 0 saturated heterocycles. The Balaban J connectivity index is 1.93. The average molecular weight is 508 g/mol. The Labute approximate surface area is 209 Å². The van der Waals surface area contributed by atoms with E-state index in [0.717, 1.165) is 34.1 Å². The molecule has 0 aliphatic rings. The van der Waals surface area contributed by atoms with Crippen molar-refractivity contribution in [3.05, 3.63) is 106 Å². The first-order valence-corrected chi connectivity index (χ1v) is 12.4. The van der Waals surface area contributed by atoms with Gasteiger partial charge in [0.05, 0.1) is 29.6 Å². The summed E-state index contributed by atoms with van der Waals surface area (Å²) in [5, 5.41) is 13.5. The summed E-state index contributed by atoms with van der Waals surface area (Å²) >= 11 is 0. The number of ether oxygens (including phenoxy) is 1. The Hall–Kier alpha value is -4.04. The molecule has 0 saturated carbocycles. The Kier molecular flexibility index (Phi) is 9.30. The van der Waals surface area contributed by atoms with Crippen LogP contribution < -0.4 is 5.32 Å². The molecule has 0 heterocycles. The zero-order chi connectivity index (χ0) is 26.0. The lowest BCUT2D eigenvalue weighted by Crippen LogP contribution is -2.51. The number of rotatable bonds is 10. The first-order valence-electron chi connectivity index (χ1n) is 11.0. The van der Waals surface area contributed by atoms with Gasteiger partial charge in [0, 0.05) is 24.7 Å². The highest BCUT2D eigenvalue weighted by Gasteiger charge is 2.35. The van der Waals surface area contributed by atoms with Gasteiger partial charge < -0.3 is 10.1 Å². The number of likely N-dealkylation sites (N-methyl/N-ethyl adjacent to an activating group) is 1. The fourth-order valence-electron chi connectivity index (χ4n) is 3.30. The van der Waals surface area contributed by atoms with Crippen LogP contribution >= 0.6 is 0 Å². The number of nitro groups is 1. The summed E-state index contributed by atoms with van der Waals surface area (Å²) in [5.74, 6) is 5.15. The zero-order valence-electron chi connectivity index (χ0n) is 19.5. The fraction of sp³-hybridized carbons (Fsp3) is 0.192. The minimum Gasteiger partial charge on any atom is -0.375 e. The molecule has 0 bridgehead atoms. The number of carbonyl (C=O) groups is 1. The quantitative estimate of drug-likeness (QED) is 0.256. The highest BCUT2D eigenvalue weighted by atomic mass is 32.2. The van der Waals surface area contributed by atoms with Crippen molar-refractivity contribution in [1.82, 2.24) is 9.62 Å². The molecule has 1 N–H and O–H groups in total. The van der Waals surface area contributed by atoms with Gasteiger partial charge in [-0.2, -0.15) is 4.31 Å². The number of amides is 1. The summed E-state index contributed by atoms with van der Waals surface area (Å²) in [5.41, 5.74) is 1.29. The summed E-state index contributed by atoms with van der Waals surface area (Å²) in [4.78, 5) is 23.0. The Morgan fingerprint density at radius 2 is 1.64 bits per heavy atom. The molecule has 1 atom stereocenters. The molecular formula is C26H25N3O6S. The van der Waals surface area contributed by atoms with E-state index in [-0.39, 0.29) is 30.3 Å². The van der Waals surface area contributed by atoms with Crippen LogP contribution in [0.5, 0.6) is 0 Å².